The van der Waals surface area contributed by atoms with Gasteiger partial charge in [0.1, 0.15) is 11.5 Å². The molecule has 0 aromatic heterocycles. The average Bonchev–Trinajstić information content (AvgIpc) is 2.44. The van der Waals surface area contributed by atoms with Crippen LogP contribution in [0.25, 0.3) is 0 Å². The Morgan fingerprint density at radius 1 is 1.15 bits per heavy atom. The Hall–Kier alpha value is -2.63. The number of amides is 1. The van der Waals surface area contributed by atoms with Crippen molar-refractivity contribution in [2.24, 2.45) is 0 Å². The summed E-state index contributed by atoms with van der Waals surface area (Å²) in [5, 5.41) is 2.46. The highest BCUT2D eigenvalue weighted by molar-refractivity contribution is 5.95. The Labute approximate surface area is 114 Å². The number of halogens is 2. The van der Waals surface area contributed by atoms with E-state index in [9.17, 15) is 13.6 Å². The number of hydrogen-bond donors (Lipinski definition) is 2. The molecule has 0 bridgehead atoms. The van der Waals surface area contributed by atoms with Crippen LogP contribution in [0, 0.1) is 11.6 Å². The number of rotatable bonds is 3. The van der Waals surface area contributed by atoms with Crippen molar-refractivity contribution in [3.63, 3.8) is 0 Å². The molecule has 0 aliphatic carbocycles. The van der Waals surface area contributed by atoms with Gasteiger partial charge in [-0.3, -0.25) is 4.79 Å². The molecule has 104 valence electrons. The maximum atomic E-state index is 13.1. The molecule has 0 fully saturated rings. The van der Waals surface area contributed by atoms with Crippen LogP contribution >= 0.6 is 0 Å². The van der Waals surface area contributed by atoms with E-state index >= 15 is 0 Å². The zero-order valence-corrected chi connectivity index (χ0v) is 10.6. The van der Waals surface area contributed by atoms with Crippen molar-refractivity contribution in [2.75, 3.05) is 12.8 Å². The van der Waals surface area contributed by atoms with Crippen molar-refractivity contribution in [1.29, 1.82) is 0 Å². The molecule has 0 heterocycles. The highest BCUT2D eigenvalue weighted by Crippen LogP contribution is 2.29. The lowest BCUT2D eigenvalue weighted by atomic mass is 10.2. The average molecular weight is 278 g/mol. The summed E-state index contributed by atoms with van der Waals surface area (Å²) in [7, 11) is 1.50. The first kappa shape index (κ1) is 13.8. The van der Waals surface area contributed by atoms with Crippen LogP contribution in [0.2, 0.25) is 0 Å². The van der Waals surface area contributed by atoms with Gasteiger partial charge >= 0.3 is 0 Å². The van der Waals surface area contributed by atoms with E-state index in [-0.39, 0.29) is 23.1 Å². The Morgan fingerprint density at radius 2 is 1.90 bits per heavy atom. The summed E-state index contributed by atoms with van der Waals surface area (Å²) < 4.78 is 31.2. The SMILES string of the molecule is CNC(=O)c1ccc(Oc2ccc(F)c(F)c2)c(N)c1. The van der Waals surface area contributed by atoms with Gasteiger partial charge in [-0.1, -0.05) is 0 Å². The maximum absolute atomic E-state index is 13.1. The minimum absolute atomic E-state index is 0.114. The Balaban J connectivity index is 2.25. The first-order valence-corrected chi connectivity index (χ1v) is 5.76. The third-order valence-electron chi connectivity index (χ3n) is 2.62. The number of carbonyl (C=O) groups is 1. The minimum atomic E-state index is -1.01. The fourth-order valence-electron chi connectivity index (χ4n) is 1.59. The summed E-state index contributed by atoms with van der Waals surface area (Å²) in [5.74, 6) is -1.88. The Morgan fingerprint density at radius 3 is 2.50 bits per heavy atom. The van der Waals surface area contributed by atoms with E-state index in [2.05, 4.69) is 5.32 Å². The number of nitrogens with one attached hydrogen (secondary N) is 1. The Bertz CT molecular complexity index is 660. The molecule has 2 aromatic rings. The molecule has 0 spiro atoms. The summed E-state index contributed by atoms with van der Waals surface area (Å²) in [6.07, 6.45) is 0. The fourth-order valence-corrected chi connectivity index (χ4v) is 1.59. The van der Waals surface area contributed by atoms with E-state index in [4.69, 9.17) is 10.5 Å². The van der Waals surface area contributed by atoms with Crippen LogP contribution in [-0.2, 0) is 0 Å². The summed E-state index contributed by atoms with van der Waals surface area (Å²) in [4.78, 5) is 11.4. The van der Waals surface area contributed by atoms with Gasteiger partial charge in [0.15, 0.2) is 11.6 Å². The van der Waals surface area contributed by atoms with E-state index in [0.717, 1.165) is 12.1 Å². The molecular formula is C14H12F2N2O2. The van der Waals surface area contributed by atoms with Crippen molar-refractivity contribution < 1.29 is 18.3 Å². The van der Waals surface area contributed by atoms with E-state index in [1.807, 2.05) is 0 Å². The normalized spacial score (nSPS) is 10.2. The number of nitrogens with two attached hydrogens (primary N) is 1. The summed E-state index contributed by atoms with van der Waals surface area (Å²) >= 11 is 0. The van der Waals surface area contributed by atoms with Gasteiger partial charge in [-0.15, -0.1) is 0 Å². The molecular weight excluding hydrogens is 266 g/mol. The van der Waals surface area contributed by atoms with Gasteiger partial charge in [0.05, 0.1) is 5.69 Å². The molecule has 0 unspecified atom stereocenters. The number of ether oxygens (including phenoxy) is 1. The van der Waals surface area contributed by atoms with Crippen molar-refractivity contribution in [3.8, 4) is 11.5 Å². The molecule has 0 radical (unpaired) electrons. The smallest absolute Gasteiger partial charge is 0.251 e. The number of carbonyl (C=O) groups excluding carboxylic acids is 1. The zero-order chi connectivity index (χ0) is 14.7. The van der Waals surface area contributed by atoms with E-state index in [1.165, 1.54) is 31.3 Å². The second kappa shape index (κ2) is 5.56. The molecule has 0 aliphatic rings. The van der Waals surface area contributed by atoms with Gasteiger partial charge in [-0.25, -0.2) is 8.78 Å². The van der Waals surface area contributed by atoms with Crippen LogP contribution in [0.3, 0.4) is 0 Å². The standard InChI is InChI=1S/C14H12F2N2O2/c1-18-14(19)8-2-5-13(12(17)6-8)20-9-3-4-10(15)11(16)7-9/h2-7H,17H2,1H3,(H,18,19). The molecule has 0 saturated carbocycles. The first-order chi connectivity index (χ1) is 9.51. The monoisotopic (exact) mass is 278 g/mol. The number of nitrogen functional groups attached to an aromatic ring is 1. The van der Waals surface area contributed by atoms with Crippen LogP contribution < -0.4 is 15.8 Å². The molecule has 2 rings (SSSR count). The molecule has 1 amide bonds. The lowest BCUT2D eigenvalue weighted by Crippen LogP contribution is -2.17. The number of benzene rings is 2. The molecule has 4 nitrogen and oxygen atoms in total. The van der Waals surface area contributed by atoms with Gasteiger partial charge in [0, 0.05) is 18.7 Å². The van der Waals surface area contributed by atoms with E-state index in [0.29, 0.717) is 5.56 Å². The van der Waals surface area contributed by atoms with Crippen LogP contribution in [0.15, 0.2) is 36.4 Å². The van der Waals surface area contributed by atoms with Crippen LogP contribution in [0.4, 0.5) is 14.5 Å². The highest BCUT2D eigenvalue weighted by atomic mass is 19.2. The maximum Gasteiger partial charge on any atom is 0.251 e. The number of anilines is 1. The molecule has 6 heteroatoms. The fraction of sp³-hybridized carbons (Fsp3) is 0.0714. The van der Waals surface area contributed by atoms with E-state index < -0.39 is 11.6 Å². The molecule has 0 saturated heterocycles. The van der Waals surface area contributed by atoms with Crippen molar-refractivity contribution >= 4 is 11.6 Å². The Kier molecular flexibility index (Phi) is 3.84. The van der Waals surface area contributed by atoms with Gasteiger partial charge in [0.25, 0.3) is 5.91 Å². The molecule has 3 N–H and O–H groups in total. The lowest BCUT2D eigenvalue weighted by molar-refractivity contribution is 0.0963. The third kappa shape index (κ3) is 2.85. The molecule has 0 atom stereocenters. The van der Waals surface area contributed by atoms with Crippen LogP contribution in [-0.4, -0.2) is 13.0 Å². The van der Waals surface area contributed by atoms with Crippen LogP contribution in [0.5, 0.6) is 11.5 Å². The lowest BCUT2D eigenvalue weighted by Gasteiger charge is -2.10. The molecule has 2 aromatic carbocycles. The third-order valence-corrected chi connectivity index (χ3v) is 2.62. The summed E-state index contributed by atoms with van der Waals surface area (Å²) in [6, 6.07) is 7.60. The second-order valence-corrected chi connectivity index (χ2v) is 4.01. The van der Waals surface area contributed by atoms with Crippen molar-refractivity contribution in [1.82, 2.24) is 5.32 Å². The molecule has 0 aliphatic heterocycles. The van der Waals surface area contributed by atoms with Crippen LogP contribution in [0.1, 0.15) is 10.4 Å². The largest absolute Gasteiger partial charge is 0.455 e. The number of hydrogen-bond acceptors (Lipinski definition) is 3. The predicted octanol–water partition coefficient (Wildman–Crippen LogP) is 2.70. The zero-order valence-electron chi connectivity index (χ0n) is 10.6. The summed E-state index contributed by atoms with van der Waals surface area (Å²) in [5.41, 5.74) is 6.35. The van der Waals surface area contributed by atoms with Crippen molar-refractivity contribution in [2.45, 2.75) is 0 Å². The minimum Gasteiger partial charge on any atom is -0.455 e. The van der Waals surface area contributed by atoms with Gasteiger partial charge < -0.3 is 15.8 Å². The van der Waals surface area contributed by atoms with Gasteiger partial charge in [0.2, 0.25) is 0 Å². The molecule has 20 heavy (non-hydrogen) atoms. The van der Waals surface area contributed by atoms with Gasteiger partial charge in [-0.05, 0) is 30.3 Å². The first-order valence-electron chi connectivity index (χ1n) is 5.76. The van der Waals surface area contributed by atoms with Gasteiger partial charge in [-0.2, -0.15) is 0 Å². The second-order valence-electron chi connectivity index (χ2n) is 4.01. The predicted molar refractivity (Wildman–Crippen MR) is 70.7 cm³/mol. The topological polar surface area (TPSA) is 64.3 Å². The van der Waals surface area contributed by atoms with E-state index in [1.54, 1.807) is 0 Å². The quantitative estimate of drug-likeness (QED) is 0.848. The highest BCUT2D eigenvalue weighted by Gasteiger charge is 2.09. The van der Waals surface area contributed by atoms with Crippen molar-refractivity contribution in [3.05, 3.63) is 53.6 Å². The summed E-state index contributed by atoms with van der Waals surface area (Å²) in [6.45, 7) is 0.